The molecule has 0 saturated heterocycles. The van der Waals surface area contributed by atoms with Crippen LogP contribution in [0, 0.1) is 23.2 Å². The average Bonchev–Trinajstić information content (AvgIpc) is 2.14. The maximum Gasteiger partial charge on any atom is 0.354 e. The quantitative estimate of drug-likeness (QED) is 0.428. The second-order valence-corrected chi connectivity index (χ2v) is 5.95. The van der Waals surface area contributed by atoms with Gasteiger partial charge in [0.05, 0.1) is 0 Å². The zero-order chi connectivity index (χ0) is 11.3. The highest BCUT2D eigenvalue weighted by molar-refractivity contribution is 6.37. The van der Waals surface area contributed by atoms with Crippen LogP contribution in [0.25, 0.3) is 0 Å². The Morgan fingerprint density at radius 1 is 1.06 bits per heavy atom. The largest absolute Gasteiger partial charge is 0.477 e. The number of rotatable bonds is 2. The van der Waals surface area contributed by atoms with Crippen molar-refractivity contribution in [3.63, 3.8) is 0 Å². The molecular weight excluding hydrogens is 206 g/mol. The first kappa shape index (κ1) is 10.1. The molecule has 0 aliphatic heterocycles. The lowest BCUT2D eigenvalue weighted by Gasteiger charge is -2.56. The molecule has 4 heteroatoms. The molecule has 0 heterocycles. The third kappa shape index (κ3) is 1.28. The van der Waals surface area contributed by atoms with Crippen LogP contribution in [0.4, 0.5) is 0 Å². The Labute approximate surface area is 94.3 Å². The van der Waals surface area contributed by atoms with Crippen LogP contribution >= 0.6 is 0 Å². The lowest BCUT2D eigenvalue weighted by molar-refractivity contribution is -0.131. The van der Waals surface area contributed by atoms with Gasteiger partial charge in [-0.1, -0.05) is 5.16 Å². The molecule has 4 bridgehead atoms. The van der Waals surface area contributed by atoms with E-state index in [0.29, 0.717) is 17.8 Å². The number of nitrogens with zero attached hydrogens (tertiary/aromatic N) is 1. The van der Waals surface area contributed by atoms with Crippen molar-refractivity contribution in [2.45, 2.75) is 38.5 Å². The van der Waals surface area contributed by atoms with Gasteiger partial charge in [0.15, 0.2) is 5.71 Å². The normalized spacial score (nSPS) is 46.0. The number of hydrogen-bond donors (Lipinski definition) is 2. The van der Waals surface area contributed by atoms with Crippen molar-refractivity contribution in [1.82, 2.24) is 0 Å². The Kier molecular flexibility index (Phi) is 2.03. The molecule has 4 fully saturated rings. The predicted octanol–water partition coefficient (Wildman–Crippen LogP) is 2.12. The van der Waals surface area contributed by atoms with Gasteiger partial charge >= 0.3 is 5.97 Å². The molecule has 0 amide bonds. The minimum Gasteiger partial charge on any atom is -0.477 e. The van der Waals surface area contributed by atoms with Gasteiger partial charge in [0, 0.05) is 5.41 Å². The van der Waals surface area contributed by atoms with Crippen LogP contribution in [0.5, 0.6) is 0 Å². The number of hydrogen-bond acceptors (Lipinski definition) is 3. The maximum absolute atomic E-state index is 11.2. The SMILES string of the molecule is O=C(O)C(=NO)C12CC3CC(CC(C3)C1)C2. The van der Waals surface area contributed by atoms with Gasteiger partial charge < -0.3 is 10.3 Å². The Bertz CT molecular complexity index is 326. The number of carboxylic acid groups (broad SMARTS) is 1. The third-order valence-electron chi connectivity index (χ3n) is 4.84. The van der Waals surface area contributed by atoms with E-state index in [2.05, 4.69) is 5.16 Å². The van der Waals surface area contributed by atoms with Crippen molar-refractivity contribution in [2.24, 2.45) is 28.3 Å². The van der Waals surface area contributed by atoms with Crippen molar-refractivity contribution in [3.05, 3.63) is 0 Å². The second kappa shape index (κ2) is 3.22. The topological polar surface area (TPSA) is 69.9 Å². The standard InChI is InChI=1S/C12H17NO3/c14-11(15)10(13-16)12-4-7-1-8(5-12)3-9(2-7)6-12/h7-9,16H,1-6H2,(H,14,15). The predicted molar refractivity (Wildman–Crippen MR) is 57.5 cm³/mol. The second-order valence-electron chi connectivity index (χ2n) is 5.95. The first-order valence-corrected chi connectivity index (χ1v) is 6.09. The summed E-state index contributed by atoms with van der Waals surface area (Å²) in [6.45, 7) is 0. The molecule has 88 valence electrons. The highest BCUT2D eigenvalue weighted by Gasteiger charge is 2.55. The van der Waals surface area contributed by atoms with E-state index >= 15 is 0 Å². The highest BCUT2D eigenvalue weighted by atomic mass is 16.4. The number of aliphatic carboxylic acids is 1. The molecule has 0 atom stereocenters. The van der Waals surface area contributed by atoms with Gasteiger partial charge in [-0.25, -0.2) is 4.79 Å². The Balaban J connectivity index is 1.96. The molecule has 4 nitrogen and oxygen atoms in total. The molecule has 16 heavy (non-hydrogen) atoms. The Hall–Kier alpha value is -1.06. The minimum atomic E-state index is -1.04. The molecule has 4 saturated carbocycles. The van der Waals surface area contributed by atoms with Gasteiger partial charge in [-0.2, -0.15) is 0 Å². The molecule has 2 N–H and O–H groups in total. The fraction of sp³-hybridized carbons (Fsp3) is 0.833. The summed E-state index contributed by atoms with van der Waals surface area (Å²) in [5.74, 6) is 0.969. The smallest absolute Gasteiger partial charge is 0.354 e. The molecule has 4 aliphatic rings. The molecule has 0 radical (unpaired) electrons. The Morgan fingerprint density at radius 3 is 1.81 bits per heavy atom. The van der Waals surface area contributed by atoms with Crippen molar-refractivity contribution in [3.8, 4) is 0 Å². The lowest BCUT2D eigenvalue weighted by atomic mass is 9.48. The third-order valence-corrected chi connectivity index (χ3v) is 4.84. The van der Waals surface area contributed by atoms with E-state index in [4.69, 9.17) is 10.3 Å². The van der Waals surface area contributed by atoms with Crippen molar-refractivity contribution < 1.29 is 15.1 Å². The fourth-order valence-corrected chi connectivity index (χ4v) is 4.78. The summed E-state index contributed by atoms with van der Waals surface area (Å²) in [5.41, 5.74) is -0.290. The van der Waals surface area contributed by atoms with Crippen LogP contribution in [0.3, 0.4) is 0 Å². The minimum absolute atomic E-state index is 0.0200. The van der Waals surface area contributed by atoms with Crippen LogP contribution in [-0.4, -0.2) is 22.0 Å². The van der Waals surface area contributed by atoms with E-state index in [1.807, 2.05) is 0 Å². The summed E-state index contributed by atoms with van der Waals surface area (Å²) in [6, 6.07) is 0. The molecule has 0 spiro atoms. The molecule has 0 unspecified atom stereocenters. The Morgan fingerprint density at radius 2 is 1.50 bits per heavy atom. The van der Waals surface area contributed by atoms with E-state index in [-0.39, 0.29) is 11.1 Å². The van der Waals surface area contributed by atoms with Crippen LogP contribution in [-0.2, 0) is 4.79 Å². The molecule has 0 aromatic heterocycles. The molecule has 4 rings (SSSR count). The summed E-state index contributed by atoms with van der Waals surface area (Å²) in [7, 11) is 0. The van der Waals surface area contributed by atoms with Gasteiger partial charge in [0.25, 0.3) is 0 Å². The molecule has 0 aromatic carbocycles. The van der Waals surface area contributed by atoms with Crippen molar-refractivity contribution in [2.75, 3.05) is 0 Å². The summed E-state index contributed by atoms with van der Waals surface area (Å²) in [4.78, 5) is 11.2. The van der Waals surface area contributed by atoms with Crippen molar-refractivity contribution in [1.29, 1.82) is 0 Å². The van der Waals surface area contributed by atoms with Gasteiger partial charge in [0.1, 0.15) is 0 Å². The van der Waals surface area contributed by atoms with E-state index in [1.54, 1.807) is 0 Å². The van der Waals surface area contributed by atoms with Crippen LogP contribution in [0.1, 0.15) is 38.5 Å². The zero-order valence-electron chi connectivity index (χ0n) is 9.22. The summed E-state index contributed by atoms with van der Waals surface area (Å²) in [5, 5.41) is 21.2. The van der Waals surface area contributed by atoms with E-state index in [9.17, 15) is 4.79 Å². The van der Waals surface area contributed by atoms with E-state index < -0.39 is 5.97 Å². The fourth-order valence-electron chi connectivity index (χ4n) is 4.78. The van der Waals surface area contributed by atoms with Gasteiger partial charge in [-0.3, -0.25) is 0 Å². The summed E-state index contributed by atoms with van der Waals surface area (Å²) < 4.78 is 0. The van der Waals surface area contributed by atoms with E-state index in [0.717, 1.165) is 19.3 Å². The van der Waals surface area contributed by atoms with Gasteiger partial charge in [-0.15, -0.1) is 0 Å². The number of oxime groups is 1. The van der Waals surface area contributed by atoms with Crippen molar-refractivity contribution >= 4 is 11.7 Å². The number of carbonyl (C=O) groups is 1. The molecule has 4 aliphatic carbocycles. The van der Waals surface area contributed by atoms with Gasteiger partial charge in [0.2, 0.25) is 0 Å². The van der Waals surface area contributed by atoms with Crippen LogP contribution < -0.4 is 0 Å². The maximum atomic E-state index is 11.2. The highest BCUT2D eigenvalue weighted by Crippen LogP contribution is 2.60. The lowest BCUT2D eigenvalue weighted by Crippen LogP contribution is -2.51. The molecule has 0 aromatic rings. The summed E-state index contributed by atoms with van der Waals surface area (Å²) >= 11 is 0. The van der Waals surface area contributed by atoms with Crippen LogP contribution in [0.2, 0.25) is 0 Å². The summed E-state index contributed by atoms with van der Waals surface area (Å²) in [6.07, 6.45) is 6.55. The first-order chi connectivity index (χ1) is 7.63. The average molecular weight is 223 g/mol. The monoisotopic (exact) mass is 223 g/mol. The molecular formula is C12H17NO3. The van der Waals surface area contributed by atoms with Gasteiger partial charge in [-0.05, 0) is 56.3 Å². The van der Waals surface area contributed by atoms with E-state index in [1.165, 1.54) is 19.3 Å². The number of carboxylic acids is 1. The zero-order valence-corrected chi connectivity index (χ0v) is 9.22. The first-order valence-electron chi connectivity index (χ1n) is 6.09. The van der Waals surface area contributed by atoms with Crippen LogP contribution in [0.15, 0.2) is 5.16 Å².